The molecule has 3 aromatic rings. The van der Waals surface area contributed by atoms with Gasteiger partial charge in [-0.2, -0.15) is 0 Å². The fraction of sp³-hybridized carbons (Fsp3) is 0.250. The Labute approximate surface area is 176 Å². The molecule has 6 nitrogen and oxygen atoms in total. The Morgan fingerprint density at radius 2 is 1.43 bits per heavy atom. The van der Waals surface area contributed by atoms with E-state index in [2.05, 4.69) is 10.6 Å². The van der Waals surface area contributed by atoms with Crippen molar-refractivity contribution in [2.24, 2.45) is 7.05 Å². The number of amides is 2. The predicted molar refractivity (Wildman–Crippen MR) is 120 cm³/mol. The lowest BCUT2D eigenvalue weighted by atomic mass is 10.1. The number of carbonyl (C=O) groups excluding carboxylic acids is 2. The van der Waals surface area contributed by atoms with Crippen molar-refractivity contribution in [1.29, 1.82) is 0 Å². The molecule has 0 radical (unpaired) electrons. The average Bonchev–Trinajstić information content (AvgIpc) is 3.04. The van der Waals surface area contributed by atoms with E-state index in [1.54, 1.807) is 16.7 Å². The second-order valence-corrected chi connectivity index (χ2v) is 8.25. The van der Waals surface area contributed by atoms with E-state index in [0.717, 1.165) is 22.4 Å². The second kappa shape index (κ2) is 8.45. The summed E-state index contributed by atoms with van der Waals surface area (Å²) in [7, 11) is 1.84. The van der Waals surface area contributed by atoms with Crippen molar-refractivity contribution >= 4 is 23.4 Å². The number of nitrogens with zero attached hydrogens (tertiary/aromatic N) is 1. The third-order valence-electron chi connectivity index (χ3n) is 4.41. The maximum Gasteiger partial charge on any atom is 0.412 e. The van der Waals surface area contributed by atoms with Crippen LogP contribution in [0.15, 0.2) is 60.8 Å². The fourth-order valence-electron chi connectivity index (χ4n) is 2.95. The molecule has 2 N–H and O–H groups in total. The fourth-order valence-corrected chi connectivity index (χ4v) is 2.95. The van der Waals surface area contributed by atoms with Crippen LogP contribution in [0.3, 0.4) is 0 Å². The maximum absolute atomic E-state index is 12.7. The topological polar surface area (TPSA) is 72.4 Å². The molecule has 0 saturated carbocycles. The predicted octanol–water partition coefficient (Wildman–Crippen LogP) is 5.60. The number of aromatic nitrogens is 1. The summed E-state index contributed by atoms with van der Waals surface area (Å²) in [6, 6.07) is 16.9. The first kappa shape index (κ1) is 21.2. The highest BCUT2D eigenvalue weighted by Gasteiger charge is 2.16. The monoisotopic (exact) mass is 405 g/mol. The molecule has 2 amide bonds. The Balaban J connectivity index is 1.70. The van der Waals surface area contributed by atoms with Crippen molar-refractivity contribution in [3.8, 4) is 11.1 Å². The highest BCUT2D eigenvalue weighted by Crippen LogP contribution is 2.24. The summed E-state index contributed by atoms with van der Waals surface area (Å²) in [4.78, 5) is 24.6. The van der Waals surface area contributed by atoms with Gasteiger partial charge >= 0.3 is 6.09 Å². The van der Waals surface area contributed by atoms with E-state index < -0.39 is 11.7 Å². The van der Waals surface area contributed by atoms with Crippen LogP contribution in [0.25, 0.3) is 11.1 Å². The molecule has 2 aromatic carbocycles. The van der Waals surface area contributed by atoms with Crippen molar-refractivity contribution in [2.45, 2.75) is 33.3 Å². The molecule has 1 aromatic heterocycles. The Morgan fingerprint density at radius 3 is 2.03 bits per heavy atom. The van der Waals surface area contributed by atoms with Crippen LogP contribution in [0.4, 0.5) is 16.2 Å². The summed E-state index contributed by atoms with van der Waals surface area (Å²) in [5.74, 6) is -0.171. The Kier molecular flexibility index (Phi) is 5.96. The van der Waals surface area contributed by atoms with Gasteiger partial charge in [-0.05, 0) is 63.6 Å². The number of hydrogen-bond donors (Lipinski definition) is 2. The van der Waals surface area contributed by atoms with Crippen LogP contribution < -0.4 is 10.6 Å². The Morgan fingerprint density at radius 1 is 0.867 bits per heavy atom. The van der Waals surface area contributed by atoms with Crippen LogP contribution in [0.1, 0.15) is 36.8 Å². The molecule has 0 saturated heterocycles. The van der Waals surface area contributed by atoms with Gasteiger partial charge < -0.3 is 14.6 Å². The van der Waals surface area contributed by atoms with Gasteiger partial charge in [0, 0.05) is 30.2 Å². The number of aryl methyl sites for hydroxylation is 2. The third kappa shape index (κ3) is 5.50. The minimum Gasteiger partial charge on any atom is -0.444 e. The molecular formula is C24H27N3O3. The molecule has 0 spiro atoms. The first-order valence-corrected chi connectivity index (χ1v) is 9.75. The molecule has 0 unspecified atom stereocenters. The lowest BCUT2D eigenvalue weighted by Gasteiger charge is -2.19. The number of hydrogen-bond acceptors (Lipinski definition) is 3. The summed E-state index contributed by atoms with van der Waals surface area (Å²) in [6.07, 6.45) is 1.41. The molecule has 0 atom stereocenters. The van der Waals surface area contributed by atoms with Crippen LogP contribution in [-0.4, -0.2) is 22.2 Å². The SMILES string of the molecule is Cc1ccc(NC(=O)c2cc(-c3ccc(NC(=O)OC(C)(C)C)cc3)cn2C)cc1. The molecule has 3 rings (SSSR count). The van der Waals surface area contributed by atoms with Gasteiger partial charge in [0.05, 0.1) is 0 Å². The molecule has 6 heteroatoms. The highest BCUT2D eigenvalue weighted by atomic mass is 16.6. The first-order valence-electron chi connectivity index (χ1n) is 9.75. The largest absolute Gasteiger partial charge is 0.444 e. The summed E-state index contributed by atoms with van der Waals surface area (Å²) in [5.41, 5.74) is 4.39. The molecular weight excluding hydrogens is 378 g/mol. The molecule has 0 aliphatic rings. The molecule has 1 heterocycles. The average molecular weight is 405 g/mol. The lowest BCUT2D eigenvalue weighted by molar-refractivity contribution is 0.0635. The van der Waals surface area contributed by atoms with Crippen molar-refractivity contribution in [1.82, 2.24) is 4.57 Å². The van der Waals surface area contributed by atoms with E-state index in [9.17, 15) is 9.59 Å². The van der Waals surface area contributed by atoms with Gasteiger partial charge in [-0.15, -0.1) is 0 Å². The van der Waals surface area contributed by atoms with Crippen LogP contribution >= 0.6 is 0 Å². The van der Waals surface area contributed by atoms with Crippen molar-refractivity contribution in [3.05, 3.63) is 72.1 Å². The van der Waals surface area contributed by atoms with E-state index in [1.165, 1.54) is 0 Å². The first-order chi connectivity index (χ1) is 14.1. The maximum atomic E-state index is 12.7. The van der Waals surface area contributed by atoms with Gasteiger partial charge in [0.25, 0.3) is 5.91 Å². The van der Waals surface area contributed by atoms with Gasteiger partial charge in [0.1, 0.15) is 11.3 Å². The van der Waals surface area contributed by atoms with Gasteiger partial charge in [-0.25, -0.2) is 4.79 Å². The molecule has 0 aliphatic heterocycles. The van der Waals surface area contributed by atoms with Gasteiger partial charge in [-0.1, -0.05) is 29.8 Å². The van der Waals surface area contributed by atoms with E-state index in [4.69, 9.17) is 4.74 Å². The molecule has 156 valence electrons. The summed E-state index contributed by atoms with van der Waals surface area (Å²) in [6.45, 7) is 7.45. The zero-order valence-corrected chi connectivity index (χ0v) is 17.9. The van der Waals surface area contributed by atoms with Crippen molar-refractivity contribution in [3.63, 3.8) is 0 Å². The number of anilines is 2. The Hall–Kier alpha value is -3.54. The molecule has 0 aliphatic carbocycles. The zero-order valence-electron chi connectivity index (χ0n) is 17.9. The van der Waals surface area contributed by atoms with Crippen molar-refractivity contribution in [2.75, 3.05) is 10.6 Å². The smallest absolute Gasteiger partial charge is 0.412 e. The summed E-state index contributed by atoms with van der Waals surface area (Å²) in [5, 5.41) is 5.63. The normalized spacial score (nSPS) is 11.1. The van der Waals surface area contributed by atoms with Gasteiger partial charge in [0.15, 0.2) is 0 Å². The van der Waals surface area contributed by atoms with Crippen LogP contribution in [0.5, 0.6) is 0 Å². The highest BCUT2D eigenvalue weighted by molar-refractivity contribution is 6.04. The van der Waals surface area contributed by atoms with E-state index in [0.29, 0.717) is 11.4 Å². The lowest BCUT2D eigenvalue weighted by Crippen LogP contribution is -2.27. The molecule has 30 heavy (non-hydrogen) atoms. The number of nitrogens with one attached hydrogen (secondary N) is 2. The number of ether oxygens (including phenoxy) is 1. The number of benzene rings is 2. The van der Waals surface area contributed by atoms with E-state index >= 15 is 0 Å². The van der Waals surface area contributed by atoms with Crippen LogP contribution in [-0.2, 0) is 11.8 Å². The Bertz CT molecular complexity index is 1040. The quantitative estimate of drug-likeness (QED) is 0.593. The van der Waals surface area contributed by atoms with Crippen LogP contribution in [0, 0.1) is 6.92 Å². The van der Waals surface area contributed by atoms with Gasteiger partial charge in [0.2, 0.25) is 0 Å². The zero-order chi connectivity index (χ0) is 21.9. The standard InChI is InChI=1S/C24H27N3O3/c1-16-6-10-19(11-7-16)25-22(28)21-14-18(15-27(21)5)17-8-12-20(13-9-17)26-23(29)30-24(2,3)4/h6-15H,1-5H3,(H,25,28)(H,26,29). The minimum atomic E-state index is -0.552. The molecule has 0 fully saturated rings. The van der Waals surface area contributed by atoms with Gasteiger partial charge in [-0.3, -0.25) is 10.1 Å². The summed E-state index contributed by atoms with van der Waals surface area (Å²) < 4.78 is 7.06. The summed E-state index contributed by atoms with van der Waals surface area (Å²) >= 11 is 0. The van der Waals surface area contributed by atoms with Crippen LogP contribution in [0.2, 0.25) is 0 Å². The molecule has 0 bridgehead atoms. The van der Waals surface area contributed by atoms with Crippen molar-refractivity contribution < 1.29 is 14.3 Å². The minimum absolute atomic E-state index is 0.171. The number of carbonyl (C=O) groups is 2. The third-order valence-corrected chi connectivity index (χ3v) is 4.41. The second-order valence-electron chi connectivity index (χ2n) is 8.25. The van der Waals surface area contributed by atoms with E-state index in [1.807, 2.05) is 83.4 Å². The number of rotatable bonds is 4. The van der Waals surface area contributed by atoms with E-state index in [-0.39, 0.29) is 5.91 Å².